The average molecular weight is 266 g/mol. The molecule has 1 rings (SSSR count). The highest BCUT2D eigenvalue weighted by Gasteiger charge is 2.26. The minimum atomic E-state index is -1.55. The van der Waals surface area contributed by atoms with Crippen LogP contribution in [0.2, 0.25) is 0 Å². The van der Waals surface area contributed by atoms with Crippen molar-refractivity contribution in [3.05, 3.63) is 34.4 Å². The third kappa shape index (κ3) is 3.09. The Labute approximate surface area is 109 Å². The molecule has 0 aliphatic carbocycles. The summed E-state index contributed by atoms with van der Waals surface area (Å²) in [6.07, 6.45) is 1.92. The molecule has 19 heavy (non-hydrogen) atoms. The Morgan fingerprint density at radius 3 is 1.95 bits per heavy atom. The Kier molecular flexibility index (Phi) is 4.63. The molecule has 0 aliphatic heterocycles. The van der Waals surface area contributed by atoms with Crippen molar-refractivity contribution in [2.45, 2.75) is 26.2 Å². The predicted molar refractivity (Wildman–Crippen MR) is 65.9 cm³/mol. The van der Waals surface area contributed by atoms with Gasteiger partial charge in [-0.15, -0.1) is 0 Å². The van der Waals surface area contributed by atoms with Crippen LogP contribution in [-0.2, 0) is 6.42 Å². The topological polar surface area (TPSA) is 112 Å². The summed E-state index contributed by atoms with van der Waals surface area (Å²) in [5.74, 6) is -4.43. The van der Waals surface area contributed by atoms with E-state index in [0.717, 1.165) is 12.5 Å². The van der Waals surface area contributed by atoms with Crippen LogP contribution in [-0.4, -0.2) is 33.2 Å². The van der Waals surface area contributed by atoms with Gasteiger partial charge < -0.3 is 15.3 Å². The van der Waals surface area contributed by atoms with Gasteiger partial charge in [-0.3, -0.25) is 0 Å². The van der Waals surface area contributed by atoms with Crippen molar-refractivity contribution in [3.63, 3.8) is 0 Å². The molecule has 0 aromatic heterocycles. The fraction of sp³-hybridized carbons (Fsp3) is 0.308. The summed E-state index contributed by atoms with van der Waals surface area (Å²) < 4.78 is 0. The van der Waals surface area contributed by atoms with Crippen LogP contribution < -0.4 is 0 Å². The zero-order valence-corrected chi connectivity index (χ0v) is 10.3. The van der Waals surface area contributed by atoms with Gasteiger partial charge in [0.2, 0.25) is 0 Å². The summed E-state index contributed by atoms with van der Waals surface area (Å²) in [6, 6.07) is 2.51. The second-order valence-electron chi connectivity index (χ2n) is 4.04. The van der Waals surface area contributed by atoms with Gasteiger partial charge in [-0.25, -0.2) is 14.4 Å². The van der Waals surface area contributed by atoms with Crippen molar-refractivity contribution in [1.29, 1.82) is 0 Å². The van der Waals surface area contributed by atoms with E-state index in [0.29, 0.717) is 18.4 Å². The summed E-state index contributed by atoms with van der Waals surface area (Å²) in [7, 11) is 0. The molecular formula is C13H14O6. The highest BCUT2D eigenvalue weighted by Crippen LogP contribution is 2.22. The van der Waals surface area contributed by atoms with E-state index < -0.39 is 34.6 Å². The van der Waals surface area contributed by atoms with Gasteiger partial charge in [0.1, 0.15) is 0 Å². The van der Waals surface area contributed by atoms with Gasteiger partial charge in [0.15, 0.2) is 0 Å². The van der Waals surface area contributed by atoms with Crippen molar-refractivity contribution in [2.75, 3.05) is 0 Å². The first-order valence-electron chi connectivity index (χ1n) is 5.75. The van der Waals surface area contributed by atoms with Gasteiger partial charge in [0.05, 0.1) is 16.7 Å². The van der Waals surface area contributed by atoms with E-state index in [9.17, 15) is 14.4 Å². The Hall–Kier alpha value is -2.37. The Balaban J connectivity index is 3.54. The molecule has 0 heterocycles. The standard InChI is InChI=1S/C13H14O6/c1-2-3-4-7-5-6-8(11(14)15)10(13(18)19)9(7)12(16)17/h5-6H,2-4H2,1H3,(H,14,15)(H,16,17)(H,18,19). The summed E-state index contributed by atoms with van der Waals surface area (Å²) in [5.41, 5.74) is -1.25. The maximum Gasteiger partial charge on any atom is 0.337 e. The summed E-state index contributed by atoms with van der Waals surface area (Å²) >= 11 is 0. The SMILES string of the molecule is CCCCc1ccc(C(=O)O)c(C(=O)O)c1C(=O)O. The third-order valence-electron chi connectivity index (χ3n) is 2.75. The molecule has 0 saturated heterocycles. The smallest absolute Gasteiger partial charge is 0.337 e. The maximum absolute atomic E-state index is 11.2. The number of carbonyl (C=O) groups is 3. The van der Waals surface area contributed by atoms with Crippen molar-refractivity contribution < 1.29 is 29.7 Å². The van der Waals surface area contributed by atoms with Crippen molar-refractivity contribution in [2.24, 2.45) is 0 Å². The zero-order chi connectivity index (χ0) is 14.6. The number of aryl methyl sites for hydroxylation is 1. The predicted octanol–water partition coefficient (Wildman–Crippen LogP) is 2.12. The number of benzene rings is 1. The molecule has 0 radical (unpaired) electrons. The minimum Gasteiger partial charge on any atom is -0.478 e. The first kappa shape index (κ1) is 14.7. The number of unbranched alkanes of at least 4 members (excludes halogenated alkanes) is 1. The van der Waals surface area contributed by atoms with Crippen LogP contribution in [0.4, 0.5) is 0 Å². The Morgan fingerprint density at radius 1 is 0.947 bits per heavy atom. The van der Waals surface area contributed by atoms with Crippen LogP contribution in [0.3, 0.4) is 0 Å². The molecule has 0 atom stereocenters. The van der Waals surface area contributed by atoms with Crippen LogP contribution >= 0.6 is 0 Å². The molecule has 0 unspecified atom stereocenters. The van der Waals surface area contributed by atoms with Crippen molar-refractivity contribution in [3.8, 4) is 0 Å². The highest BCUT2D eigenvalue weighted by molar-refractivity contribution is 6.09. The quantitative estimate of drug-likeness (QED) is 0.727. The van der Waals surface area contributed by atoms with Crippen LogP contribution in [0.1, 0.15) is 56.4 Å². The maximum atomic E-state index is 11.2. The molecule has 0 spiro atoms. The summed E-state index contributed by atoms with van der Waals surface area (Å²) in [5, 5.41) is 27.1. The number of rotatable bonds is 6. The van der Waals surface area contributed by atoms with Crippen molar-refractivity contribution in [1.82, 2.24) is 0 Å². The first-order chi connectivity index (χ1) is 8.90. The van der Waals surface area contributed by atoms with Gasteiger partial charge in [0.25, 0.3) is 0 Å². The Morgan fingerprint density at radius 2 is 1.53 bits per heavy atom. The molecule has 0 amide bonds. The van der Waals surface area contributed by atoms with Gasteiger partial charge in [-0.2, -0.15) is 0 Å². The molecule has 102 valence electrons. The number of aromatic carboxylic acids is 3. The molecule has 0 bridgehead atoms. The number of carboxylic acids is 3. The van der Waals surface area contributed by atoms with Gasteiger partial charge in [-0.05, 0) is 24.5 Å². The normalized spacial score (nSPS) is 10.2. The van der Waals surface area contributed by atoms with Crippen LogP contribution in [0.25, 0.3) is 0 Å². The second kappa shape index (κ2) is 5.99. The molecule has 0 fully saturated rings. The first-order valence-corrected chi connectivity index (χ1v) is 5.75. The third-order valence-corrected chi connectivity index (χ3v) is 2.75. The van der Waals surface area contributed by atoms with E-state index in [1.165, 1.54) is 6.07 Å². The van der Waals surface area contributed by atoms with Crippen LogP contribution in [0.5, 0.6) is 0 Å². The monoisotopic (exact) mass is 266 g/mol. The van der Waals surface area contributed by atoms with E-state index in [1.807, 2.05) is 6.92 Å². The van der Waals surface area contributed by atoms with E-state index in [4.69, 9.17) is 15.3 Å². The van der Waals surface area contributed by atoms with E-state index in [2.05, 4.69) is 0 Å². The average Bonchev–Trinajstić information content (AvgIpc) is 2.34. The fourth-order valence-electron chi connectivity index (χ4n) is 1.87. The molecule has 1 aromatic carbocycles. The number of hydrogen-bond acceptors (Lipinski definition) is 3. The lowest BCUT2D eigenvalue weighted by Crippen LogP contribution is -2.17. The Bertz CT molecular complexity index is 532. The largest absolute Gasteiger partial charge is 0.478 e. The van der Waals surface area contributed by atoms with Crippen LogP contribution in [0, 0.1) is 0 Å². The highest BCUT2D eigenvalue weighted by atomic mass is 16.4. The molecule has 6 nitrogen and oxygen atoms in total. The van der Waals surface area contributed by atoms with E-state index >= 15 is 0 Å². The fourth-order valence-corrected chi connectivity index (χ4v) is 1.87. The number of hydrogen-bond donors (Lipinski definition) is 3. The lowest BCUT2D eigenvalue weighted by molar-refractivity contribution is 0.0632. The summed E-state index contributed by atoms with van der Waals surface area (Å²) in [4.78, 5) is 33.3. The zero-order valence-electron chi connectivity index (χ0n) is 10.3. The van der Waals surface area contributed by atoms with E-state index in [-0.39, 0.29) is 0 Å². The second-order valence-corrected chi connectivity index (χ2v) is 4.04. The molecule has 3 N–H and O–H groups in total. The molecule has 1 aromatic rings. The molecule has 6 heteroatoms. The van der Waals surface area contributed by atoms with Crippen molar-refractivity contribution >= 4 is 17.9 Å². The van der Waals surface area contributed by atoms with Crippen LogP contribution in [0.15, 0.2) is 12.1 Å². The minimum absolute atomic E-state index is 0.344. The lowest BCUT2D eigenvalue weighted by atomic mass is 9.93. The van der Waals surface area contributed by atoms with E-state index in [1.54, 1.807) is 0 Å². The van der Waals surface area contributed by atoms with Gasteiger partial charge in [0, 0.05) is 0 Å². The summed E-state index contributed by atoms with van der Waals surface area (Å²) in [6.45, 7) is 1.92. The van der Waals surface area contributed by atoms with Gasteiger partial charge in [-0.1, -0.05) is 19.4 Å². The molecular weight excluding hydrogens is 252 g/mol. The molecule has 0 saturated carbocycles. The number of carboxylic acid groups (broad SMARTS) is 3. The lowest BCUT2D eigenvalue weighted by Gasteiger charge is -2.11. The molecule has 0 aliphatic rings. The van der Waals surface area contributed by atoms with Gasteiger partial charge >= 0.3 is 17.9 Å².